The van der Waals surface area contributed by atoms with Gasteiger partial charge in [-0.1, -0.05) is 18.2 Å². The molecule has 0 bridgehead atoms. The molecule has 1 aromatic carbocycles. The van der Waals surface area contributed by atoms with E-state index < -0.39 is 8.32 Å². The van der Waals surface area contributed by atoms with Crippen molar-refractivity contribution in [3.8, 4) is 5.75 Å². The topological polar surface area (TPSA) is 24.5 Å². The fraction of sp³-hybridized carbons (Fsp3) is 0.444. The summed E-state index contributed by atoms with van der Waals surface area (Å²) in [6.45, 7) is 11.0. The Bertz CT molecular complexity index is 601. The Morgan fingerprint density at radius 1 is 1.09 bits per heavy atom. The van der Waals surface area contributed by atoms with Crippen LogP contribution >= 0.6 is 11.3 Å². The third-order valence-corrected chi connectivity index (χ3v) is 5.72. The Hall–Kier alpha value is -1.14. The maximum absolute atomic E-state index is 6.09. The van der Waals surface area contributed by atoms with Gasteiger partial charge in [0.05, 0.1) is 6.04 Å². The molecular weight excluding hydrogens is 320 g/mol. The van der Waals surface area contributed by atoms with Crippen LogP contribution in [0.3, 0.4) is 0 Å². The van der Waals surface area contributed by atoms with E-state index >= 15 is 0 Å². The van der Waals surface area contributed by atoms with E-state index in [9.17, 15) is 0 Å². The fourth-order valence-corrected chi connectivity index (χ4v) is 4.74. The zero-order chi connectivity index (χ0) is 16.3. The minimum atomic E-state index is -1.54. The van der Waals surface area contributed by atoms with E-state index in [4.69, 9.17) is 4.43 Å². The van der Waals surface area contributed by atoms with Crippen molar-refractivity contribution in [3.63, 3.8) is 0 Å². The lowest BCUT2D eigenvalue weighted by Gasteiger charge is -2.35. The first-order valence-electron chi connectivity index (χ1n) is 8.30. The quantitative estimate of drug-likeness (QED) is 0.830. The van der Waals surface area contributed by atoms with E-state index in [-0.39, 0.29) is 0 Å². The summed E-state index contributed by atoms with van der Waals surface area (Å²) in [5.41, 5.74) is 1.36. The molecule has 3 nitrogen and oxygen atoms in total. The molecule has 1 N–H and O–H groups in total. The van der Waals surface area contributed by atoms with Crippen molar-refractivity contribution in [3.05, 3.63) is 52.2 Å². The molecule has 1 fully saturated rings. The molecule has 0 spiro atoms. The van der Waals surface area contributed by atoms with Gasteiger partial charge in [-0.05, 0) is 48.8 Å². The summed E-state index contributed by atoms with van der Waals surface area (Å²) in [7, 11) is -1.54. The zero-order valence-electron chi connectivity index (χ0n) is 14.2. The first-order chi connectivity index (χ1) is 11.0. The minimum Gasteiger partial charge on any atom is -0.544 e. The van der Waals surface area contributed by atoms with Gasteiger partial charge in [0.1, 0.15) is 5.75 Å². The Morgan fingerprint density at radius 3 is 2.35 bits per heavy atom. The molecule has 0 amide bonds. The SMILES string of the molecule is C[Si](C)(C)Oc1ccc([C@H](c2cccs2)N2CCNCC2)cc1. The van der Waals surface area contributed by atoms with Crippen LogP contribution < -0.4 is 9.74 Å². The third-order valence-electron chi connectivity index (χ3n) is 3.95. The second kappa shape index (κ2) is 7.17. The summed E-state index contributed by atoms with van der Waals surface area (Å²) in [6, 6.07) is 13.5. The Kier molecular flexibility index (Phi) is 5.21. The molecule has 1 saturated heterocycles. The van der Waals surface area contributed by atoms with Crippen LogP contribution in [0, 0.1) is 0 Å². The highest BCUT2D eigenvalue weighted by molar-refractivity contribution is 7.10. The summed E-state index contributed by atoms with van der Waals surface area (Å²) >= 11 is 1.85. The van der Waals surface area contributed by atoms with Crippen molar-refractivity contribution in [1.29, 1.82) is 0 Å². The predicted molar refractivity (Wildman–Crippen MR) is 101 cm³/mol. The van der Waals surface area contributed by atoms with Gasteiger partial charge in [0.25, 0.3) is 0 Å². The molecule has 0 radical (unpaired) electrons. The van der Waals surface area contributed by atoms with E-state index in [0.717, 1.165) is 31.9 Å². The molecule has 0 saturated carbocycles. The molecule has 124 valence electrons. The smallest absolute Gasteiger partial charge is 0.242 e. The van der Waals surface area contributed by atoms with Crippen LogP contribution in [0.4, 0.5) is 0 Å². The highest BCUT2D eigenvalue weighted by atomic mass is 32.1. The summed E-state index contributed by atoms with van der Waals surface area (Å²) < 4.78 is 6.09. The van der Waals surface area contributed by atoms with E-state index in [2.05, 4.69) is 71.6 Å². The molecule has 1 aromatic heterocycles. The van der Waals surface area contributed by atoms with Gasteiger partial charge in [0.2, 0.25) is 8.32 Å². The molecule has 2 aromatic rings. The van der Waals surface area contributed by atoms with E-state index in [1.807, 2.05) is 11.3 Å². The molecule has 3 rings (SSSR count). The van der Waals surface area contributed by atoms with Gasteiger partial charge in [-0.15, -0.1) is 11.3 Å². The lowest BCUT2D eigenvalue weighted by Crippen LogP contribution is -2.45. The average molecular weight is 347 g/mol. The van der Waals surface area contributed by atoms with Crippen LogP contribution in [0.2, 0.25) is 19.6 Å². The maximum Gasteiger partial charge on any atom is 0.242 e. The van der Waals surface area contributed by atoms with Gasteiger partial charge < -0.3 is 9.74 Å². The molecule has 1 aliphatic heterocycles. The van der Waals surface area contributed by atoms with Crippen molar-refractivity contribution in [2.75, 3.05) is 26.2 Å². The van der Waals surface area contributed by atoms with Gasteiger partial charge in [-0.3, -0.25) is 4.90 Å². The number of hydrogen-bond acceptors (Lipinski definition) is 4. The second-order valence-corrected chi connectivity index (χ2v) is 12.4. The molecule has 5 heteroatoms. The van der Waals surface area contributed by atoms with Crippen molar-refractivity contribution in [1.82, 2.24) is 10.2 Å². The van der Waals surface area contributed by atoms with Crippen LogP contribution in [0.1, 0.15) is 16.5 Å². The normalized spacial score (nSPS) is 17.9. The molecule has 0 aliphatic carbocycles. The highest BCUT2D eigenvalue weighted by Crippen LogP contribution is 2.33. The van der Waals surface area contributed by atoms with E-state index in [1.54, 1.807) is 0 Å². The summed E-state index contributed by atoms with van der Waals surface area (Å²) in [5.74, 6) is 0.998. The van der Waals surface area contributed by atoms with Gasteiger partial charge in [0.15, 0.2) is 0 Å². The Morgan fingerprint density at radius 2 is 1.78 bits per heavy atom. The van der Waals surface area contributed by atoms with Crippen LogP contribution in [0.15, 0.2) is 41.8 Å². The molecule has 2 heterocycles. The number of benzene rings is 1. The van der Waals surface area contributed by atoms with Crippen LogP contribution in [-0.4, -0.2) is 39.4 Å². The lowest BCUT2D eigenvalue weighted by atomic mass is 10.0. The number of rotatable bonds is 5. The van der Waals surface area contributed by atoms with Gasteiger partial charge in [0, 0.05) is 31.1 Å². The monoisotopic (exact) mass is 346 g/mol. The predicted octanol–water partition coefficient (Wildman–Crippen LogP) is 3.96. The highest BCUT2D eigenvalue weighted by Gasteiger charge is 2.25. The van der Waals surface area contributed by atoms with Crippen LogP contribution in [0.5, 0.6) is 5.75 Å². The summed E-state index contributed by atoms with van der Waals surface area (Å²) in [5, 5.41) is 5.62. The van der Waals surface area contributed by atoms with Crippen molar-refractivity contribution < 1.29 is 4.43 Å². The Labute approximate surface area is 144 Å². The third kappa shape index (κ3) is 4.44. The Balaban J connectivity index is 1.84. The lowest BCUT2D eigenvalue weighted by molar-refractivity contribution is 0.200. The van der Waals surface area contributed by atoms with Gasteiger partial charge >= 0.3 is 0 Å². The minimum absolute atomic E-state index is 0.359. The van der Waals surface area contributed by atoms with Crippen molar-refractivity contribution >= 4 is 19.7 Å². The molecule has 23 heavy (non-hydrogen) atoms. The summed E-state index contributed by atoms with van der Waals surface area (Å²) in [6.07, 6.45) is 0. The average Bonchev–Trinajstić information content (AvgIpc) is 3.03. The van der Waals surface area contributed by atoms with E-state index in [0.29, 0.717) is 6.04 Å². The number of nitrogens with one attached hydrogen (secondary N) is 1. The van der Waals surface area contributed by atoms with Crippen molar-refractivity contribution in [2.24, 2.45) is 0 Å². The standard InChI is InChI=1S/C18H26N2OSSi/c1-23(2,3)21-16-8-6-15(7-9-16)18(17-5-4-14-22-17)20-12-10-19-11-13-20/h4-9,14,18-19H,10-13H2,1-3H3/t18-/m1/s1. The number of hydrogen-bond donors (Lipinski definition) is 1. The largest absolute Gasteiger partial charge is 0.544 e. The number of nitrogens with zero attached hydrogens (tertiary/aromatic N) is 1. The number of piperazine rings is 1. The van der Waals surface area contributed by atoms with E-state index in [1.165, 1.54) is 10.4 Å². The van der Waals surface area contributed by atoms with Crippen molar-refractivity contribution in [2.45, 2.75) is 25.7 Å². The summed E-state index contributed by atoms with van der Waals surface area (Å²) in [4.78, 5) is 4.00. The van der Waals surface area contributed by atoms with Gasteiger partial charge in [-0.2, -0.15) is 0 Å². The zero-order valence-corrected chi connectivity index (χ0v) is 16.0. The molecule has 1 atom stereocenters. The first kappa shape index (κ1) is 16.7. The molecule has 1 aliphatic rings. The first-order valence-corrected chi connectivity index (χ1v) is 12.6. The molecule has 0 unspecified atom stereocenters. The fourth-order valence-electron chi connectivity index (χ4n) is 3.01. The van der Waals surface area contributed by atoms with Crippen LogP contribution in [-0.2, 0) is 0 Å². The van der Waals surface area contributed by atoms with Crippen LogP contribution in [0.25, 0.3) is 0 Å². The number of thiophene rings is 1. The second-order valence-electron chi connectivity index (χ2n) is 6.99. The van der Waals surface area contributed by atoms with Gasteiger partial charge in [-0.25, -0.2) is 0 Å². The maximum atomic E-state index is 6.09. The molecular formula is C18H26N2OSSi.